The number of benzene rings is 1. The molecule has 24 heavy (non-hydrogen) atoms. The van der Waals surface area contributed by atoms with E-state index < -0.39 is 11.7 Å². The lowest BCUT2D eigenvalue weighted by atomic mass is 9.87. The smallest absolute Gasteiger partial charge is 0.412 e. The van der Waals surface area contributed by atoms with Crippen LogP contribution in [-0.4, -0.2) is 24.3 Å². The number of carbonyl (C=O) groups is 1. The summed E-state index contributed by atoms with van der Waals surface area (Å²) in [6.07, 6.45) is 5.91. The number of ether oxygens (including phenoxy) is 1. The van der Waals surface area contributed by atoms with E-state index >= 15 is 0 Å². The van der Waals surface area contributed by atoms with E-state index in [1.165, 1.54) is 31.2 Å². The number of anilines is 1. The minimum Gasteiger partial charge on any atom is -0.444 e. The molecule has 0 aliphatic heterocycles. The maximum Gasteiger partial charge on any atom is 0.412 e. The molecule has 1 saturated carbocycles. The van der Waals surface area contributed by atoms with E-state index in [1.807, 2.05) is 32.9 Å². The van der Waals surface area contributed by atoms with Crippen molar-refractivity contribution in [2.24, 2.45) is 5.92 Å². The van der Waals surface area contributed by atoms with Gasteiger partial charge in [-0.2, -0.15) is 0 Å². The molecular formula is C20H32N2O2. The number of rotatable bonds is 5. The quantitative estimate of drug-likeness (QED) is 0.818. The van der Waals surface area contributed by atoms with Crippen LogP contribution in [0.3, 0.4) is 0 Å². The zero-order valence-electron chi connectivity index (χ0n) is 15.5. The first-order valence-corrected chi connectivity index (χ1v) is 9.14. The van der Waals surface area contributed by atoms with Crippen LogP contribution >= 0.6 is 0 Å². The second-order valence-electron chi connectivity index (χ2n) is 7.98. The monoisotopic (exact) mass is 332 g/mol. The lowest BCUT2D eigenvalue weighted by Gasteiger charge is -2.27. The van der Waals surface area contributed by atoms with Crippen LogP contribution < -0.4 is 10.6 Å². The summed E-state index contributed by atoms with van der Waals surface area (Å²) >= 11 is 0. The number of carbonyl (C=O) groups excluding carboxylic acids is 1. The summed E-state index contributed by atoms with van der Waals surface area (Å²) in [5, 5.41) is 6.43. The first-order chi connectivity index (χ1) is 11.3. The Hall–Kier alpha value is -1.55. The van der Waals surface area contributed by atoms with Crippen LogP contribution in [0.25, 0.3) is 0 Å². The van der Waals surface area contributed by atoms with Gasteiger partial charge >= 0.3 is 6.09 Å². The summed E-state index contributed by atoms with van der Waals surface area (Å²) < 4.78 is 5.25. The average Bonchev–Trinajstić information content (AvgIpc) is 2.49. The minimum absolute atomic E-state index is 0.413. The van der Waals surface area contributed by atoms with Crippen molar-refractivity contribution in [3.63, 3.8) is 0 Å². The molecule has 1 aromatic carbocycles. The largest absolute Gasteiger partial charge is 0.444 e. The van der Waals surface area contributed by atoms with Gasteiger partial charge in [-0.25, -0.2) is 4.79 Å². The van der Waals surface area contributed by atoms with Crippen LogP contribution in [-0.2, 0) is 11.2 Å². The Bertz CT molecular complexity index is 511. The summed E-state index contributed by atoms with van der Waals surface area (Å²) in [4.78, 5) is 11.7. The van der Waals surface area contributed by atoms with Gasteiger partial charge in [0, 0.05) is 11.7 Å². The Balaban J connectivity index is 1.71. The SMILES string of the molecule is CC(C)(C)OC(=O)Nc1ccc(CCN[C@H]2CC[C@H](C)CC2)cc1. The van der Waals surface area contributed by atoms with Gasteiger partial charge in [0.2, 0.25) is 0 Å². The van der Waals surface area contributed by atoms with Crippen LogP contribution in [0.15, 0.2) is 24.3 Å². The van der Waals surface area contributed by atoms with E-state index in [0.29, 0.717) is 6.04 Å². The molecule has 2 rings (SSSR count). The molecule has 4 nitrogen and oxygen atoms in total. The van der Waals surface area contributed by atoms with Gasteiger partial charge < -0.3 is 10.1 Å². The Morgan fingerprint density at radius 1 is 1.12 bits per heavy atom. The third-order valence-corrected chi connectivity index (χ3v) is 4.46. The maximum atomic E-state index is 11.7. The number of amides is 1. The summed E-state index contributed by atoms with van der Waals surface area (Å²) in [6.45, 7) is 8.93. The van der Waals surface area contributed by atoms with E-state index in [1.54, 1.807) is 0 Å². The van der Waals surface area contributed by atoms with Crippen molar-refractivity contribution >= 4 is 11.8 Å². The molecule has 4 heteroatoms. The Morgan fingerprint density at radius 3 is 2.33 bits per heavy atom. The molecular weight excluding hydrogens is 300 g/mol. The molecule has 134 valence electrons. The van der Waals surface area contributed by atoms with Crippen molar-refractivity contribution in [2.45, 2.75) is 71.4 Å². The van der Waals surface area contributed by atoms with E-state index in [0.717, 1.165) is 24.6 Å². The Labute approximate surface area is 146 Å². The highest BCUT2D eigenvalue weighted by atomic mass is 16.6. The predicted molar refractivity (Wildman–Crippen MR) is 99.4 cm³/mol. The molecule has 0 radical (unpaired) electrons. The van der Waals surface area contributed by atoms with E-state index in [4.69, 9.17) is 4.74 Å². The highest BCUT2D eigenvalue weighted by molar-refractivity contribution is 5.84. The molecule has 0 heterocycles. The van der Waals surface area contributed by atoms with Crippen LogP contribution in [0.4, 0.5) is 10.5 Å². The lowest BCUT2D eigenvalue weighted by molar-refractivity contribution is 0.0636. The second-order valence-corrected chi connectivity index (χ2v) is 7.98. The van der Waals surface area contributed by atoms with Crippen molar-refractivity contribution in [1.82, 2.24) is 5.32 Å². The topological polar surface area (TPSA) is 50.4 Å². The van der Waals surface area contributed by atoms with Crippen molar-refractivity contribution in [3.05, 3.63) is 29.8 Å². The third kappa shape index (κ3) is 6.91. The van der Waals surface area contributed by atoms with Crippen LogP contribution in [0, 0.1) is 5.92 Å². The average molecular weight is 332 g/mol. The van der Waals surface area contributed by atoms with Gasteiger partial charge in [-0.3, -0.25) is 5.32 Å². The molecule has 0 saturated heterocycles. The lowest BCUT2D eigenvalue weighted by Crippen LogP contribution is -2.34. The minimum atomic E-state index is -0.480. The summed E-state index contributed by atoms with van der Waals surface area (Å²) in [5.41, 5.74) is 1.57. The van der Waals surface area contributed by atoms with Crippen LogP contribution in [0.2, 0.25) is 0 Å². The van der Waals surface area contributed by atoms with Crippen LogP contribution in [0.1, 0.15) is 58.9 Å². The maximum absolute atomic E-state index is 11.7. The molecule has 0 spiro atoms. The normalized spacial score (nSPS) is 21.3. The van der Waals surface area contributed by atoms with Gasteiger partial charge in [0.25, 0.3) is 0 Å². The zero-order valence-corrected chi connectivity index (χ0v) is 15.5. The fraction of sp³-hybridized carbons (Fsp3) is 0.650. The first kappa shape index (κ1) is 18.8. The molecule has 0 atom stereocenters. The molecule has 1 aliphatic carbocycles. The van der Waals surface area contributed by atoms with Crippen molar-refractivity contribution in [3.8, 4) is 0 Å². The molecule has 1 amide bonds. The van der Waals surface area contributed by atoms with Gasteiger partial charge in [-0.05, 0) is 83.0 Å². The number of hydrogen-bond donors (Lipinski definition) is 2. The molecule has 1 aliphatic rings. The van der Waals surface area contributed by atoms with Gasteiger partial charge in [0.15, 0.2) is 0 Å². The standard InChI is InChI=1S/C20H32N2O2/c1-15-5-9-17(10-6-15)21-14-13-16-7-11-18(12-8-16)22-19(23)24-20(2,3)4/h7-8,11-12,15,17,21H,5-6,9-10,13-14H2,1-4H3,(H,22,23)/t15-,17-. The van der Waals surface area contributed by atoms with Gasteiger partial charge in [-0.1, -0.05) is 19.1 Å². The van der Waals surface area contributed by atoms with Crippen molar-refractivity contribution in [2.75, 3.05) is 11.9 Å². The van der Waals surface area contributed by atoms with E-state index in [2.05, 4.69) is 29.7 Å². The summed E-state index contributed by atoms with van der Waals surface area (Å²) in [6, 6.07) is 8.69. The fourth-order valence-electron chi connectivity index (χ4n) is 3.06. The van der Waals surface area contributed by atoms with Gasteiger partial charge in [0.05, 0.1) is 0 Å². The number of hydrogen-bond acceptors (Lipinski definition) is 3. The Kier molecular flexibility index (Phi) is 6.67. The van der Waals surface area contributed by atoms with Crippen molar-refractivity contribution < 1.29 is 9.53 Å². The summed E-state index contributed by atoms with van der Waals surface area (Å²) in [5.74, 6) is 0.896. The van der Waals surface area contributed by atoms with Crippen molar-refractivity contribution in [1.29, 1.82) is 0 Å². The zero-order chi connectivity index (χ0) is 17.6. The highest BCUT2D eigenvalue weighted by Crippen LogP contribution is 2.23. The van der Waals surface area contributed by atoms with E-state index in [-0.39, 0.29) is 0 Å². The summed E-state index contributed by atoms with van der Waals surface area (Å²) in [7, 11) is 0. The fourth-order valence-corrected chi connectivity index (χ4v) is 3.06. The van der Waals surface area contributed by atoms with Gasteiger partial charge in [0.1, 0.15) is 5.60 Å². The second kappa shape index (κ2) is 8.52. The van der Waals surface area contributed by atoms with Gasteiger partial charge in [-0.15, -0.1) is 0 Å². The molecule has 0 aromatic heterocycles. The molecule has 1 fully saturated rings. The molecule has 0 unspecified atom stereocenters. The highest BCUT2D eigenvalue weighted by Gasteiger charge is 2.17. The Morgan fingerprint density at radius 2 is 1.75 bits per heavy atom. The molecule has 2 N–H and O–H groups in total. The van der Waals surface area contributed by atoms with Crippen LogP contribution in [0.5, 0.6) is 0 Å². The molecule has 0 bridgehead atoms. The molecule has 1 aromatic rings. The number of nitrogens with one attached hydrogen (secondary N) is 2. The predicted octanol–water partition coefficient (Wildman–Crippen LogP) is 4.74. The first-order valence-electron chi connectivity index (χ1n) is 9.14. The van der Waals surface area contributed by atoms with E-state index in [9.17, 15) is 4.79 Å². The third-order valence-electron chi connectivity index (χ3n) is 4.46.